The number of aromatic nitrogens is 3. The summed E-state index contributed by atoms with van der Waals surface area (Å²) in [6.45, 7) is 4.30. The minimum atomic E-state index is -1.51. The number of amides is 1. The molecule has 3 N–H and O–H groups in total. The van der Waals surface area contributed by atoms with Crippen LogP contribution in [0.4, 0.5) is 0 Å². The average molecular weight is 541 g/mol. The van der Waals surface area contributed by atoms with Gasteiger partial charge in [-0.3, -0.25) is 14.4 Å². The number of fused-ring (bicyclic) bond motifs is 3. The Balaban J connectivity index is 1.57. The molecule has 1 amide bonds. The van der Waals surface area contributed by atoms with Crippen molar-refractivity contribution in [2.45, 2.75) is 36.1 Å². The first-order chi connectivity index (χ1) is 18.9. The molecule has 4 aromatic rings. The second-order valence-corrected chi connectivity index (χ2v) is 10.2. The summed E-state index contributed by atoms with van der Waals surface area (Å²) in [7, 11) is 0.110. The number of benzene rings is 3. The molecule has 0 aliphatic carbocycles. The highest BCUT2D eigenvalue weighted by molar-refractivity contribution is 7.99. The third-order valence-electron chi connectivity index (χ3n) is 6.40. The van der Waals surface area contributed by atoms with Crippen LogP contribution in [-0.2, 0) is 4.79 Å². The number of aliphatic imine (C=N–C) groups is 1. The van der Waals surface area contributed by atoms with Gasteiger partial charge >= 0.3 is 7.12 Å². The lowest BCUT2D eigenvalue weighted by molar-refractivity contribution is -0.121. The van der Waals surface area contributed by atoms with E-state index in [0.29, 0.717) is 29.4 Å². The summed E-state index contributed by atoms with van der Waals surface area (Å²) in [5, 5.41) is 30.6. The number of hydrogen-bond acceptors (Lipinski definition) is 8. The Labute approximate surface area is 231 Å². The fourth-order valence-electron chi connectivity index (χ4n) is 4.57. The smallest absolute Gasteiger partial charge is 0.488 e. The van der Waals surface area contributed by atoms with Gasteiger partial charge in [0.05, 0.1) is 24.9 Å². The fourth-order valence-corrected chi connectivity index (χ4v) is 5.46. The van der Waals surface area contributed by atoms with Crippen LogP contribution in [0.15, 0.2) is 81.5 Å². The van der Waals surface area contributed by atoms with Crippen LogP contribution in [0.25, 0.3) is 5.69 Å². The first-order valence-corrected chi connectivity index (χ1v) is 13.4. The maximum absolute atomic E-state index is 12.6. The summed E-state index contributed by atoms with van der Waals surface area (Å²) >= 11 is 1.52. The van der Waals surface area contributed by atoms with Crippen molar-refractivity contribution >= 4 is 36.0 Å². The molecule has 5 rings (SSSR count). The molecule has 39 heavy (non-hydrogen) atoms. The van der Waals surface area contributed by atoms with Crippen molar-refractivity contribution in [2.75, 3.05) is 13.7 Å². The Hall–Kier alpha value is -3.93. The number of nitrogens with zero attached hydrogens (tertiary/aromatic N) is 4. The van der Waals surface area contributed by atoms with Gasteiger partial charge in [-0.25, -0.2) is 0 Å². The van der Waals surface area contributed by atoms with E-state index in [2.05, 4.69) is 15.5 Å². The summed E-state index contributed by atoms with van der Waals surface area (Å²) in [6, 6.07) is 20.4. The summed E-state index contributed by atoms with van der Waals surface area (Å²) in [4.78, 5) is 19.6. The molecule has 0 unspecified atom stereocenters. The molecule has 0 bridgehead atoms. The van der Waals surface area contributed by atoms with E-state index in [-0.39, 0.29) is 12.3 Å². The number of nitrogens with one attached hydrogen (secondary N) is 1. The molecule has 0 saturated heterocycles. The zero-order valence-corrected chi connectivity index (χ0v) is 22.6. The van der Waals surface area contributed by atoms with Crippen molar-refractivity contribution in [3.8, 4) is 11.4 Å². The van der Waals surface area contributed by atoms with Crippen molar-refractivity contribution in [3.63, 3.8) is 0 Å². The molecule has 2 heterocycles. The topological polar surface area (TPSA) is 122 Å². The van der Waals surface area contributed by atoms with Gasteiger partial charge < -0.3 is 20.1 Å². The minimum Gasteiger partial charge on any atom is -0.497 e. The van der Waals surface area contributed by atoms with Gasteiger partial charge in [-0.05, 0) is 61.8 Å². The van der Waals surface area contributed by atoms with Crippen LogP contribution < -0.4 is 15.5 Å². The van der Waals surface area contributed by atoms with E-state index in [0.717, 1.165) is 32.3 Å². The third kappa shape index (κ3) is 5.61. The number of carbonyl (C=O) groups is 1. The summed E-state index contributed by atoms with van der Waals surface area (Å²) < 4.78 is 7.50. The van der Waals surface area contributed by atoms with Crippen LogP contribution in [-0.4, -0.2) is 57.2 Å². The molecule has 1 aliphatic heterocycles. The van der Waals surface area contributed by atoms with Gasteiger partial charge in [0.1, 0.15) is 17.6 Å². The monoisotopic (exact) mass is 541 g/mol. The second kappa shape index (κ2) is 11.4. The molecule has 9 nitrogen and oxygen atoms in total. The molecule has 11 heteroatoms. The zero-order chi connectivity index (χ0) is 27.5. The maximum atomic E-state index is 12.6. The molecule has 0 saturated carbocycles. The van der Waals surface area contributed by atoms with Crippen molar-refractivity contribution in [2.24, 2.45) is 4.99 Å². The zero-order valence-electron chi connectivity index (χ0n) is 21.8. The van der Waals surface area contributed by atoms with Gasteiger partial charge in [0.25, 0.3) is 0 Å². The number of methoxy groups -OCH3 is 1. The Kier molecular flexibility index (Phi) is 7.83. The van der Waals surface area contributed by atoms with Crippen molar-refractivity contribution < 1.29 is 19.6 Å². The number of aryl methyl sites for hydroxylation is 1. The van der Waals surface area contributed by atoms with E-state index in [9.17, 15) is 14.8 Å². The van der Waals surface area contributed by atoms with Crippen LogP contribution in [0, 0.1) is 6.92 Å². The first-order valence-electron chi connectivity index (χ1n) is 12.6. The van der Waals surface area contributed by atoms with Gasteiger partial charge in [0.15, 0.2) is 5.82 Å². The molecule has 0 fully saturated rings. The third-order valence-corrected chi connectivity index (χ3v) is 7.40. The van der Waals surface area contributed by atoms with E-state index in [1.807, 2.05) is 66.9 Å². The lowest BCUT2D eigenvalue weighted by Crippen LogP contribution is -2.29. The van der Waals surface area contributed by atoms with Crippen LogP contribution in [0.3, 0.4) is 0 Å². The molecule has 1 aliphatic rings. The summed E-state index contributed by atoms with van der Waals surface area (Å²) in [5.41, 5.74) is 3.76. The van der Waals surface area contributed by atoms with Crippen LogP contribution >= 0.6 is 11.8 Å². The number of ether oxygens (including phenoxy) is 1. The van der Waals surface area contributed by atoms with E-state index in [1.165, 1.54) is 11.8 Å². The van der Waals surface area contributed by atoms with Gasteiger partial charge in [0.2, 0.25) is 5.91 Å². The lowest BCUT2D eigenvalue weighted by Gasteiger charge is -2.14. The summed E-state index contributed by atoms with van der Waals surface area (Å²) in [6.07, 6.45) is 0.140. The maximum Gasteiger partial charge on any atom is 0.488 e. The highest BCUT2D eigenvalue weighted by atomic mass is 32.2. The van der Waals surface area contributed by atoms with Crippen LogP contribution in [0.2, 0.25) is 0 Å². The average Bonchev–Trinajstić information content (AvgIpc) is 3.26. The Morgan fingerprint density at radius 1 is 1.08 bits per heavy atom. The predicted molar refractivity (Wildman–Crippen MR) is 151 cm³/mol. The number of hydrogen-bond donors (Lipinski definition) is 3. The first kappa shape index (κ1) is 26.7. The van der Waals surface area contributed by atoms with Crippen molar-refractivity contribution in [3.05, 3.63) is 89.5 Å². The standard InChI is InChI=1S/C28H28BN5O4S/c1-4-30-26(35)16-24-28-33-32-17(2)34(28)25-13-10-20(38-3)15-23(25)27(31-24)18-8-11-21(12-9-18)39-22-7-5-6-19(14-22)29(36)37/h5-15,24,36-37H,4,16H2,1-3H3,(H,30,35)/t24-/m0/s1. The molecule has 1 atom stereocenters. The molecule has 0 radical (unpaired) electrons. The van der Waals surface area contributed by atoms with Crippen molar-refractivity contribution in [1.29, 1.82) is 0 Å². The van der Waals surface area contributed by atoms with Gasteiger partial charge in [-0.2, -0.15) is 0 Å². The Morgan fingerprint density at radius 3 is 2.59 bits per heavy atom. The van der Waals surface area contributed by atoms with E-state index in [4.69, 9.17) is 9.73 Å². The quantitative estimate of drug-likeness (QED) is 0.293. The molecular formula is C28H28BN5O4S. The van der Waals surface area contributed by atoms with Gasteiger partial charge in [-0.1, -0.05) is 36.0 Å². The normalized spacial score (nSPS) is 14.1. The largest absolute Gasteiger partial charge is 0.497 e. The molecule has 3 aromatic carbocycles. The van der Waals surface area contributed by atoms with Gasteiger partial charge in [-0.15, -0.1) is 10.2 Å². The van der Waals surface area contributed by atoms with Crippen molar-refractivity contribution in [1.82, 2.24) is 20.1 Å². The number of rotatable bonds is 8. The van der Waals surface area contributed by atoms with Crippen LogP contribution in [0.1, 0.15) is 42.2 Å². The highest BCUT2D eigenvalue weighted by Crippen LogP contribution is 2.35. The highest BCUT2D eigenvalue weighted by Gasteiger charge is 2.30. The van der Waals surface area contributed by atoms with Crippen LogP contribution in [0.5, 0.6) is 5.75 Å². The lowest BCUT2D eigenvalue weighted by atomic mass is 9.80. The minimum absolute atomic E-state index is 0.108. The SMILES string of the molecule is CCNC(=O)C[C@@H]1N=C(c2ccc(Sc3cccc(B(O)O)c3)cc2)c2cc(OC)ccc2-n2c(C)nnc21. The second-order valence-electron chi connectivity index (χ2n) is 9.05. The van der Waals surface area contributed by atoms with Gasteiger partial charge in [0, 0.05) is 27.5 Å². The summed E-state index contributed by atoms with van der Waals surface area (Å²) in [5.74, 6) is 1.89. The van der Waals surface area contributed by atoms with E-state index in [1.54, 1.807) is 25.3 Å². The Morgan fingerprint density at radius 2 is 1.87 bits per heavy atom. The molecule has 0 spiro atoms. The Bertz CT molecular complexity index is 1540. The fraction of sp³-hybridized carbons (Fsp3) is 0.214. The molecular weight excluding hydrogens is 513 g/mol. The van der Waals surface area contributed by atoms with E-state index < -0.39 is 13.2 Å². The molecule has 1 aromatic heterocycles. The number of carbonyl (C=O) groups excluding carboxylic acids is 1. The van der Waals surface area contributed by atoms with E-state index >= 15 is 0 Å². The predicted octanol–water partition coefficient (Wildman–Crippen LogP) is 2.83. The molecule has 198 valence electrons.